The van der Waals surface area contributed by atoms with Gasteiger partial charge in [-0.05, 0) is 41.8 Å². The van der Waals surface area contributed by atoms with Crippen molar-refractivity contribution >= 4 is 29.4 Å². The predicted octanol–water partition coefficient (Wildman–Crippen LogP) is 4.45. The van der Waals surface area contributed by atoms with Crippen LogP contribution >= 0.6 is 0 Å². The number of rotatable bonds is 5. The Bertz CT molecular complexity index is 1210. The number of benzene rings is 3. The molecule has 0 bridgehead atoms. The Kier molecular flexibility index (Phi) is 5.85. The molecule has 1 unspecified atom stereocenters. The molecular formula is C26H24N4O2. The normalized spacial score (nSPS) is 15.8. The van der Waals surface area contributed by atoms with Crippen molar-refractivity contribution in [2.75, 3.05) is 11.1 Å². The number of carbonyl (C=O) groups excluding carboxylic acids is 2. The number of hydrogen-bond donors (Lipinski definition) is 4. The molecule has 1 atom stereocenters. The summed E-state index contributed by atoms with van der Waals surface area (Å²) in [5, 5.41) is 13.1. The molecule has 160 valence electrons. The average molecular weight is 425 g/mol. The molecule has 3 aromatic carbocycles. The second-order valence-corrected chi connectivity index (χ2v) is 7.77. The summed E-state index contributed by atoms with van der Waals surface area (Å²) in [5.41, 5.74) is 11.5. The minimum Gasteiger partial charge on any atom is -0.398 e. The van der Waals surface area contributed by atoms with Crippen molar-refractivity contribution in [3.63, 3.8) is 0 Å². The molecule has 6 nitrogen and oxygen atoms in total. The first-order valence-corrected chi connectivity index (χ1v) is 10.3. The molecule has 5 N–H and O–H groups in total. The molecule has 1 aliphatic rings. The van der Waals surface area contributed by atoms with Crippen molar-refractivity contribution in [2.45, 2.75) is 19.3 Å². The topological polar surface area (TPSA) is 108 Å². The van der Waals surface area contributed by atoms with Gasteiger partial charge in [-0.3, -0.25) is 9.59 Å². The van der Waals surface area contributed by atoms with Gasteiger partial charge >= 0.3 is 0 Å². The zero-order valence-corrected chi connectivity index (χ0v) is 17.7. The first-order valence-electron chi connectivity index (χ1n) is 10.3. The van der Waals surface area contributed by atoms with Crippen LogP contribution in [0.3, 0.4) is 0 Å². The van der Waals surface area contributed by atoms with Crippen LogP contribution in [-0.2, 0) is 9.59 Å². The van der Waals surface area contributed by atoms with Crippen LogP contribution in [0.4, 0.5) is 11.4 Å². The predicted molar refractivity (Wildman–Crippen MR) is 127 cm³/mol. The number of amides is 2. The van der Waals surface area contributed by atoms with E-state index in [9.17, 15) is 9.59 Å². The van der Waals surface area contributed by atoms with Crippen LogP contribution in [0, 0.1) is 5.41 Å². The molecule has 1 aliphatic heterocycles. The van der Waals surface area contributed by atoms with Crippen LogP contribution in [0.5, 0.6) is 0 Å². The van der Waals surface area contributed by atoms with Gasteiger partial charge in [-0.1, -0.05) is 54.6 Å². The van der Waals surface area contributed by atoms with Crippen molar-refractivity contribution in [1.29, 1.82) is 5.41 Å². The minimum absolute atomic E-state index is 0.116. The highest BCUT2D eigenvalue weighted by Gasteiger charge is 2.31. The van der Waals surface area contributed by atoms with E-state index >= 15 is 0 Å². The van der Waals surface area contributed by atoms with Crippen LogP contribution in [0.25, 0.3) is 11.1 Å². The molecule has 0 spiro atoms. The molecule has 0 aromatic heterocycles. The summed E-state index contributed by atoms with van der Waals surface area (Å²) in [7, 11) is 0. The molecule has 0 saturated heterocycles. The quantitative estimate of drug-likeness (QED) is 0.359. The molecule has 1 heterocycles. The summed E-state index contributed by atoms with van der Waals surface area (Å²) >= 11 is 0. The average Bonchev–Trinajstić information content (AvgIpc) is 2.80. The molecule has 6 heteroatoms. The van der Waals surface area contributed by atoms with Gasteiger partial charge in [0.05, 0.1) is 0 Å². The lowest BCUT2D eigenvalue weighted by Crippen LogP contribution is -2.35. The van der Waals surface area contributed by atoms with Crippen LogP contribution in [0.2, 0.25) is 0 Å². The van der Waals surface area contributed by atoms with Crippen molar-refractivity contribution in [3.05, 3.63) is 95.2 Å². The molecule has 32 heavy (non-hydrogen) atoms. The van der Waals surface area contributed by atoms with Gasteiger partial charge in [0.25, 0.3) is 5.91 Å². The van der Waals surface area contributed by atoms with E-state index in [1.165, 1.54) is 0 Å². The van der Waals surface area contributed by atoms with E-state index in [0.717, 1.165) is 22.9 Å². The fourth-order valence-electron chi connectivity index (χ4n) is 4.00. The second kappa shape index (κ2) is 8.89. The molecule has 0 aliphatic carbocycles. The van der Waals surface area contributed by atoms with Gasteiger partial charge in [-0.25, -0.2) is 0 Å². The minimum atomic E-state index is -0.357. The standard InChI is InChI=1S/C26H24N4O2/c1-16-25(26(32)30-21-11-12-23(28)20(13-21)15-27)22(14-24(31)29-16)19-9-7-18(8-10-19)17-5-3-2-4-6-17/h2-13,15,22,27H,14,28H2,1H3,(H,29,31)(H,30,32). The van der Waals surface area contributed by atoms with Gasteiger partial charge in [-0.15, -0.1) is 0 Å². The van der Waals surface area contributed by atoms with Crippen molar-refractivity contribution in [2.24, 2.45) is 0 Å². The first-order chi connectivity index (χ1) is 15.5. The lowest BCUT2D eigenvalue weighted by atomic mass is 9.83. The van der Waals surface area contributed by atoms with E-state index in [1.807, 2.05) is 54.6 Å². The maximum atomic E-state index is 13.2. The zero-order valence-electron chi connectivity index (χ0n) is 17.7. The van der Waals surface area contributed by atoms with Crippen LogP contribution in [0.15, 0.2) is 84.1 Å². The van der Waals surface area contributed by atoms with E-state index in [-0.39, 0.29) is 24.2 Å². The Morgan fingerprint density at radius 1 is 1.06 bits per heavy atom. The highest BCUT2D eigenvalue weighted by atomic mass is 16.2. The second-order valence-electron chi connectivity index (χ2n) is 7.77. The number of nitrogen functional groups attached to an aromatic ring is 1. The smallest absolute Gasteiger partial charge is 0.253 e. The van der Waals surface area contributed by atoms with E-state index in [0.29, 0.717) is 28.2 Å². The Morgan fingerprint density at radius 3 is 2.44 bits per heavy atom. The fourth-order valence-corrected chi connectivity index (χ4v) is 4.00. The first kappa shape index (κ1) is 21.1. The van der Waals surface area contributed by atoms with E-state index in [1.54, 1.807) is 25.1 Å². The molecule has 4 rings (SSSR count). The van der Waals surface area contributed by atoms with E-state index in [2.05, 4.69) is 10.6 Å². The number of nitrogens with two attached hydrogens (primary N) is 1. The van der Waals surface area contributed by atoms with Gasteiger partial charge in [-0.2, -0.15) is 0 Å². The summed E-state index contributed by atoms with van der Waals surface area (Å²) in [6.45, 7) is 1.74. The molecule has 0 saturated carbocycles. The fraction of sp³-hybridized carbons (Fsp3) is 0.115. The third-order valence-corrected chi connectivity index (χ3v) is 5.63. The van der Waals surface area contributed by atoms with Gasteiger partial charge in [0.15, 0.2) is 0 Å². The summed E-state index contributed by atoms with van der Waals surface area (Å²) in [4.78, 5) is 25.5. The van der Waals surface area contributed by atoms with Gasteiger partial charge in [0.2, 0.25) is 5.91 Å². The number of anilines is 2. The highest BCUT2D eigenvalue weighted by Crippen LogP contribution is 2.34. The lowest BCUT2D eigenvalue weighted by Gasteiger charge is -2.27. The summed E-state index contributed by atoms with van der Waals surface area (Å²) in [6.07, 6.45) is 1.34. The van der Waals surface area contributed by atoms with Crippen molar-refractivity contribution in [1.82, 2.24) is 5.32 Å². The van der Waals surface area contributed by atoms with Crippen LogP contribution in [-0.4, -0.2) is 18.0 Å². The number of carbonyl (C=O) groups is 2. The van der Waals surface area contributed by atoms with E-state index < -0.39 is 0 Å². The zero-order chi connectivity index (χ0) is 22.7. The van der Waals surface area contributed by atoms with E-state index in [4.69, 9.17) is 11.1 Å². The molecular weight excluding hydrogens is 400 g/mol. The number of nitrogens with one attached hydrogen (secondary N) is 3. The van der Waals surface area contributed by atoms with Crippen molar-refractivity contribution < 1.29 is 9.59 Å². The largest absolute Gasteiger partial charge is 0.398 e. The van der Waals surface area contributed by atoms with Crippen LogP contribution < -0.4 is 16.4 Å². The number of hydrogen-bond acceptors (Lipinski definition) is 4. The molecule has 3 aromatic rings. The third-order valence-electron chi connectivity index (χ3n) is 5.63. The van der Waals surface area contributed by atoms with Gasteiger partial charge in [0.1, 0.15) is 0 Å². The van der Waals surface area contributed by atoms with Gasteiger partial charge < -0.3 is 21.8 Å². The summed E-state index contributed by atoms with van der Waals surface area (Å²) in [6, 6.07) is 23.0. The van der Waals surface area contributed by atoms with Crippen LogP contribution in [0.1, 0.15) is 30.4 Å². The Balaban J connectivity index is 1.64. The summed E-state index contributed by atoms with van der Waals surface area (Å²) < 4.78 is 0. The molecule has 2 amide bonds. The summed E-state index contributed by atoms with van der Waals surface area (Å²) in [5.74, 6) is -0.764. The maximum Gasteiger partial charge on any atom is 0.253 e. The molecule has 0 fully saturated rings. The SMILES string of the molecule is CC1=C(C(=O)Nc2ccc(N)c(C=N)c2)C(c2ccc(-c3ccccc3)cc2)CC(=O)N1. The monoisotopic (exact) mass is 424 g/mol. The third kappa shape index (κ3) is 4.30. The highest BCUT2D eigenvalue weighted by molar-refractivity contribution is 6.07. The Labute approximate surface area is 186 Å². The van der Waals surface area contributed by atoms with Crippen molar-refractivity contribution in [3.8, 4) is 11.1 Å². The Morgan fingerprint density at radius 2 is 1.75 bits per heavy atom. The molecule has 0 radical (unpaired) electrons. The van der Waals surface area contributed by atoms with Gasteiger partial charge in [0, 0.05) is 46.8 Å². The maximum absolute atomic E-state index is 13.2. The number of allylic oxidation sites excluding steroid dienone is 1. The Hall–Kier alpha value is -4.19. The lowest BCUT2D eigenvalue weighted by molar-refractivity contribution is -0.121.